The highest BCUT2D eigenvalue weighted by Crippen LogP contribution is 2.29. The van der Waals surface area contributed by atoms with Crippen LogP contribution in [0.2, 0.25) is 0 Å². The van der Waals surface area contributed by atoms with Crippen molar-refractivity contribution in [1.82, 2.24) is 10.1 Å². The van der Waals surface area contributed by atoms with Gasteiger partial charge >= 0.3 is 6.01 Å². The van der Waals surface area contributed by atoms with E-state index < -0.39 is 0 Å². The lowest BCUT2D eigenvalue weighted by atomic mass is 9.94. The van der Waals surface area contributed by atoms with Gasteiger partial charge in [-0.1, -0.05) is 5.16 Å². The third-order valence-electron chi connectivity index (χ3n) is 3.07. The van der Waals surface area contributed by atoms with Gasteiger partial charge < -0.3 is 14.2 Å². The van der Waals surface area contributed by atoms with E-state index in [1.54, 1.807) is 6.92 Å². The summed E-state index contributed by atoms with van der Waals surface area (Å²) in [5, 5.41) is 3.78. The van der Waals surface area contributed by atoms with Crippen molar-refractivity contribution in [3.8, 4) is 0 Å². The van der Waals surface area contributed by atoms with E-state index in [2.05, 4.69) is 10.1 Å². The monoisotopic (exact) mass is 223 g/mol. The molecule has 0 radical (unpaired) electrons. The van der Waals surface area contributed by atoms with Gasteiger partial charge in [-0.2, -0.15) is 4.98 Å². The number of rotatable bonds is 1. The quantitative estimate of drug-likeness (QED) is 0.682. The zero-order valence-corrected chi connectivity index (χ0v) is 9.05. The van der Waals surface area contributed by atoms with Gasteiger partial charge in [0.2, 0.25) is 0 Å². The molecule has 0 N–H and O–H groups in total. The fraction of sp³-hybridized carbons (Fsp3) is 0.700. The van der Waals surface area contributed by atoms with Crippen LogP contribution in [-0.4, -0.2) is 41.2 Å². The van der Waals surface area contributed by atoms with Crippen LogP contribution in [0.25, 0.3) is 0 Å². The van der Waals surface area contributed by atoms with Crippen molar-refractivity contribution in [2.24, 2.45) is 0 Å². The molecular formula is C10H13N3O3. The maximum atomic E-state index is 11.5. The number of anilines is 1. The second kappa shape index (κ2) is 3.55. The van der Waals surface area contributed by atoms with Gasteiger partial charge in [0.05, 0.1) is 25.3 Å². The summed E-state index contributed by atoms with van der Waals surface area (Å²) in [5.41, 5.74) is 0. The number of morpholine rings is 1. The molecule has 0 aliphatic carbocycles. The highest BCUT2D eigenvalue weighted by atomic mass is 16.5. The minimum atomic E-state index is 0.0554. The predicted octanol–water partition coefficient (Wildman–Crippen LogP) is 0.315. The van der Waals surface area contributed by atoms with Gasteiger partial charge in [0.15, 0.2) is 5.82 Å². The molecule has 86 valence electrons. The van der Waals surface area contributed by atoms with Crippen LogP contribution in [0, 0.1) is 6.92 Å². The molecule has 0 saturated carbocycles. The molecule has 16 heavy (non-hydrogen) atoms. The Kier molecular flexibility index (Phi) is 2.17. The number of nitrogens with zero attached hydrogens (tertiary/aromatic N) is 3. The van der Waals surface area contributed by atoms with E-state index in [4.69, 9.17) is 9.26 Å². The van der Waals surface area contributed by atoms with Gasteiger partial charge in [-0.05, 0) is 6.92 Å². The second-order valence-corrected chi connectivity index (χ2v) is 4.32. The first kappa shape index (κ1) is 9.77. The normalized spacial score (nSPS) is 29.6. The molecule has 0 spiro atoms. The summed E-state index contributed by atoms with van der Waals surface area (Å²) in [6, 6.07) is 0.628. The number of ketones is 1. The summed E-state index contributed by atoms with van der Waals surface area (Å²) in [5.74, 6) is 0.914. The van der Waals surface area contributed by atoms with Crippen LogP contribution < -0.4 is 4.90 Å². The summed E-state index contributed by atoms with van der Waals surface area (Å²) in [6.45, 7) is 2.90. The number of piperidine rings is 1. The molecule has 1 aromatic rings. The lowest BCUT2D eigenvalue weighted by Crippen LogP contribution is -2.57. The fourth-order valence-electron chi connectivity index (χ4n) is 2.43. The molecule has 2 bridgehead atoms. The Labute approximate surface area is 92.6 Å². The van der Waals surface area contributed by atoms with E-state index in [1.165, 1.54) is 0 Å². The highest BCUT2D eigenvalue weighted by Gasteiger charge is 2.40. The number of carbonyl (C=O) groups is 1. The number of fused-ring (bicyclic) bond motifs is 2. The maximum Gasteiger partial charge on any atom is 0.324 e. The van der Waals surface area contributed by atoms with Gasteiger partial charge in [0.1, 0.15) is 5.78 Å². The maximum absolute atomic E-state index is 11.5. The SMILES string of the molecule is Cc1noc(N2C3COCC2CC(=O)C3)n1. The van der Waals surface area contributed by atoms with Gasteiger partial charge in [0, 0.05) is 12.8 Å². The van der Waals surface area contributed by atoms with Crippen molar-refractivity contribution >= 4 is 11.8 Å². The van der Waals surface area contributed by atoms with Gasteiger partial charge in [-0.25, -0.2) is 0 Å². The standard InChI is InChI=1S/C10H13N3O3/c1-6-11-10(16-12-6)13-7-2-9(14)3-8(13)5-15-4-7/h7-8H,2-5H2,1H3. The molecule has 3 rings (SSSR count). The Hall–Kier alpha value is -1.43. The number of hydrogen-bond acceptors (Lipinski definition) is 6. The Morgan fingerprint density at radius 1 is 1.31 bits per heavy atom. The van der Waals surface area contributed by atoms with Crippen molar-refractivity contribution in [1.29, 1.82) is 0 Å². The molecule has 2 unspecified atom stereocenters. The molecule has 3 heterocycles. The summed E-state index contributed by atoms with van der Waals surface area (Å²) in [6.07, 6.45) is 1.02. The van der Waals surface area contributed by atoms with E-state index >= 15 is 0 Å². The van der Waals surface area contributed by atoms with Crippen molar-refractivity contribution in [2.75, 3.05) is 18.1 Å². The zero-order chi connectivity index (χ0) is 11.1. The second-order valence-electron chi connectivity index (χ2n) is 4.32. The average Bonchev–Trinajstić information content (AvgIpc) is 2.63. The summed E-state index contributed by atoms with van der Waals surface area (Å²) >= 11 is 0. The minimum absolute atomic E-state index is 0.0554. The number of hydrogen-bond donors (Lipinski definition) is 0. The fourth-order valence-corrected chi connectivity index (χ4v) is 2.43. The van der Waals surface area contributed by atoms with Crippen molar-refractivity contribution in [3.63, 3.8) is 0 Å². The number of Topliss-reactive ketones (excluding diaryl/α,β-unsaturated/α-hetero) is 1. The van der Waals surface area contributed by atoms with E-state index in [-0.39, 0.29) is 12.1 Å². The molecule has 6 nitrogen and oxygen atoms in total. The molecule has 1 aromatic heterocycles. The number of aryl methyl sites for hydroxylation is 1. The van der Waals surface area contributed by atoms with Crippen LogP contribution >= 0.6 is 0 Å². The van der Waals surface area contributed by atoms with Crippen LogP contribution in [0.1, 0.15) is 18.7 Å². The zero-order valence-electron chi connectivity index (χ0n) is 9.05. The summed E-state index contributed by atoms with van der Waals surface area (Å²) < 4.78 is 10.6. The van der Waals surface area contributed by atoms with E-state index in [1.807, 2.05) is 4.90 Å². The Morgan fingerprint density at radius 3 is 2.56 bits per heavy atom. The first-order valence-corrected chi connectivity index (χ1v) is 5.42. The summed E-state index contributed by atoms with van der Waals surface area (Å²) in [4.78, 5) is 17.8. The first-order chi connectivity index (χ1) is 7.74. The molecule has 2 saturated heterocycles. The van der Waals surface area contributed by atoms with Gasteiger partial charge in [0.25, 0.3) is 0 Å². The first-order valence-electron chi connectivity index (χ1n) is 5.42. The Morgan fingerprint density at radius 2 is 2.00 bits per heavy atom. The minimum Gasteiger partial charge on any atom is -0.377 e. The lowest BCUT2D eigenvalue weighted by Gasteiger charge is -2.43. The van der Waals surface area contributed by atoms with Crippen LogP contribution in [-0.2, 0) is 9.53 Å². The van der Waals surface area contributed by atoms with Crippen LogP contribution in [0.5, 0.6) is 0 Å². The molecular weight excluding hydrogens is 210 g/mol. The van der Waals surface area contributed by atoms with Gasteiger partial charge in [-0.15, -0.1) is 0 Å². The third-order valence-corrected chi connectivity index (χ3v) is 3.07. The van der Waals surface area contributed by atoms with E-state index in [9.17, 15) is 4.79 Å². The molecule has 2 aliphatic rings. The summed E-state index contributed by atoms with van der Waals surface area (Å²) in [7, 11) is 0. The number of carbonyl (C=O) groups excluding carboxylic acids is 1. The van der Waals surface area contributed by atoms with Crippen LogP contribution in [0.3, 0.4) is 0 Å². The third kappa shape index (κ3) is 1.49. The molecule has 6 heteroatoms. The van der Waals surface area contributed by atoms with E-state index in [0.29, 0.717) is 43.7 Å². The Balaban J connectivity index is 1.91. The van der Waals surface area contributed by atoms with Crippen LogP contribution in [0.4, 0.5) is 6.01 Å². The molecule has 0 aromatic carbocycles. The predicted molar refractivity (Wildman–Crippen MR) is 54.2 cm³/mol. The smallest absolute Gasteiger partial charge is 0.324 e. The lowest BCUT2D eigenvalue weighted by molar-refractivity contribution is -0.123. The molecule has 0 amide bonds. The van der Waals surface area contributed by atoms with E-state index in [0.717, 1.165) is 0 Å². The van der Waals surface area contributed by atoms with Crippen molar-refractivity contribution < 1.29 is 14.1 Å². The molecule has 2 fully saturated rings. The topological polar surface area (TPSA) is 68.5 Å². The molecule has 2 atom stereocenters. The number of ether oxygens (including phenoxy) is 1. The Bertz CT molecular complexity index is 401. The molecule has 2 aliphatic heterocycles. The van der Waals surface area contributed by atoms with Crippen molar-refractivity contribution in [2.45, 2.75) is 31.8 Å². The highest BCUT2D eigenvalue weighted by molar-refractivity contribution is 5.82. The van der Waals surface area contributed by atoms with Gasteiger partial charge in [-0.3, -0.25) is 4.79 Å². The largest absolute Gasteiger partial charge is 0.377 e. The van der Waals surface area contributed by atoms with Crippen molar-refractivity contribution in [3.05, 3.63) is 5.82 Å². The average molecular weight is 223 g/mol. The van der Waals surface area contributed by atoms with Crippen LogP contribution in [0.15, 0.2) is 4.52 Å². The number of aromatic nitrogens is 2.